The van der Waals surface area contributed by atoms with E-state index in [0.29, 0.717) is 23.4 Å². The highest BCUT2D eigenvalue weighted by atomic mass is 32.2. The summed E-state index contributed by atoms with van der Waals surface area (Å²) in [5, 5.41) is 11.2. The Kier molecular flexibility index (Phi) is 6.61. The van der Waals surface area contributed by atoms with Crippen molar-refractivity contribution >= 4 is 17.7 Å². The molecule has 0 aliphatic heterocycles. The number of hydrogen-bond donors (Lipinski definition) is 1. The number of carbonyl (C=O) groups excluding carboxylic acids is 1. The Hall–Kier alpha value is -3.32. The highest BCUT2D eigenvalue weighted by Gasteiger charge is 2.15. The lowest BCUT2D eigenvalue weighted by Crippen LogP contribution is -2.27. The molecule has 4 aromatic rings. The second-order valence-corrected chi connectivity index (χ2v) is 7.58. The van der Waals surface area contributed by atoms with Crippen molar-refractivity contribution in [3.8, 4) is 11.7 Å². The molecule has 0 saturated heterocycles. The number of aromatic nitrogens is 2. The summed E-state index contributed by atoms with van der Waals surface area (Å²) >= 11 is 1.20. The summed E-state index contributed by atoms with van der Waals surface area (Å²) in [6.45, 7) is 0.579. The van der Waals surface area contributed by atoms with Crippen LogP contribution in [-0.4, -0.2) is 28.4 Å². The first-order valence-corrected chi connectivity index (χ1v) is 10.6. The predicted octanol–water partition coefficient (Wildman–Crippen LogP) is 4.76. The maximum atomic E-state index is 12.3. The van der Waals surface area contributed by atoms with Crippen LogP contribution >= 0.6 is 11.8 Å². The Bertz CT molecular complexity index is 1010. The number of nitrogens with one attached hydrogen (secondary N) is 1. The minimum atomic E-state index is -0.0716. The summed E-state index contributed by atoms with van der Waals surface area (Å²) in [4.78, 5) is 12.3. The second kappa shape index (κ2) is 9.93. The maximum absolute atomic E-state index is 12.3. The number of benzene rings is 2. The van der Waals surface area contributed by atoms with Crippen molar-refractivity contribution in [1.29, 1.82) is 0 Å². The lowest BCUT2D eigenvalue weighted by atomic mass is 9.88. The van der Waals surface area contributed by atoms with Crippen LogP contribution in [0, 0.1) is 0 Å². The van der Waals surface area contributed by atoms with Crippen LogP contribution in [0.25, 0.3) is 11.7 Å². The zero-order valence-corrected chi connectivity index (χ0v) is 17.0. The van der Waals surface area contributed by atoms with E-state index in [2.05, 4.69) is 39.8 Å². The number of thioether (sulfide) groups is 1. The fraction of sp³-hybridized carbons (Fsp3) is 0.174. The summed E-state index contributed by atoms with van der Waals surface area (Å²) in [5.74, 6) is 1.18. The molecule has 0 atom stereocenters. The quantitative estimate of drug-likeness (QED) is 0.394. The van der Waals surface area contributed by atoms with Crippen LogP contribution in [0.2, 0.25) is 0 Å². The molecule has 2 heterocycles. The molecule has 0 bridgehead atoms. The van der Waals surface area contributed by atoms with E-state index < -0.39 is 0 Å². The summed E-state index contributed by atoms with van der Waals surface area (Å²) in [7, 11) is 0. The highest BCUT2D eigenvalue weighted by molar-refractivity contribution is 7.99. The minimum absolute atomic E-state index is 0.0716. The molecule has 0 unspecified atom stereocenters. The lowest BCUT2D eigenvalue weighted by Gasteiger charge is -2.18. The van der Waals surface area contributed by atoms with Crippen LogP contribution in [0.3, 0.4) is 0 Å². The Morgan fingerprint density at radius 1 is 0.933 bits per heavy atom. The van der Waals surface area contributed by atoms with Gasteiger partial charge in [-0.1, -0.05) is 72.4 Å². The lowest BCUT2D eigenvalue weighted by molar-refractivity contribution is -0.118. The molecule has 7 heteroatoms. The Balaban J connectivity index is 1.29. The van der Waals surface area contributed by atoms with Crippen molar-refractivity contribution in [3.63, 3.8) is 0 Å². The SMILES string of the molecule is O=C(CSc1nnc(-c2ccco2)o1)NCCC(c1ccccc1)c1ccccc1. The van der Waals surface area contributed by atoms with E-state index in [1.807, 2.05) is 36.4 Å². The first-order valence-electron chi connectivity index (χ1n) is 9.66. The zero-order valence-electron chi connectivity index (χ0n) is 16.2. The average molecular weight is 420 g/mol. The molecule has 0 fully saturated rings. The third-order valence-electron chi connectivity index (χ3n) is 4.62. The Morgan fingerprint density at radius 3 is 2.27 bits per heavy atom. The van der Waals surface area contributed by atoms with Crippen molar-refractivity contribution in [2.24, 2.45) is 0 Å². The van der Waals surface area contributed by atoms with Gasteiger partial charge in [0.1, 0.15) is 0 Å². The third-order valence-corrected chi connectivity index (χ3v) is 5.44. The Morgan fingerprint density at radius 2 is 1.63 bits per heavy atom. The molecule has 2 aromatic heterocycles. The molecular formula is C23H21N3O3S. The molecule has 2 aromatic carbocycles. The predicted molar refractivity (Wildman–Crippen MR) is 115 cm³/mol. The molecular weight excluding hydrogens is 398 g/mol. The van der Waals surface area contributed by atoms with Gasteiger partial charge in [0, 0.05) is 12.5 Å². The van der Waals surface area contributed by atoms with E-state index in [-0.39, 0.29) is 17.6 Å². The van der Waals surface area contributed by atoms with E-state index in [0.717, 1.165) is 6.42 Å². The third kappa shape index (κ3) is 5.18. The standard InChI is InChI=1S/C23H21N3O3S/c27-21(16-30-23-26-25-22(29-23)20-12-7-15-28-20)24-14-13-19(17-8-3-1-4-9-17)18-10-5-2-6-11-18/h1-12,15,19H,13-14,16H2,(H,24,27). The van der Waals surface area contributed by atoms with Crippen LogP contribution in [0.1, 0.15) is 23.5 Å². The van der Waals surface area contributed by atoms with Crippen LogP contribution in [0.15, 0.2) is 93.1 Å². The van der Waals surface area contributed by atoms with E-state index in [4.69, 9.17) is 8.83 Å². The molecule has 0 spiro atoms. The van der Waals surface area contributed by atoms with Gasteiger partial charge in [0.2, 0.25) is 5.91 Å². The smallest absolute Gasteiger partial charge is 0.284 e. The number of nitrogens with zero attached hydrogens (tertiary/aromatic N) is 2. The van der Waals surface area contributed by atoms with E-state index in [1.165, 1.54) is 29.2 Å². The van der Waals surface area contributed by atoms with Crippen LogP contribution in [0.5, 0.6) is 0 Å². The van der Waals surface area contributed by atoms with Crippen LogP contribution < -0.4 is 5.32 Å². The molecule has 0 aliphatic rings. The fourth-order valence-electron chi connectivity index (χ4n) is 3.20. The summed E-state index contributed by atoms with van der Waals surface area (Å²) in [6.07, 6.45) is 2.35. The number of carbonyl (C=O) groups is 1. The van der Waals surface area contributed by atoms with Gasteiger partial charge in [-0.25, -0.2) is 0 Å². The molecule has 152 valence electrons. The summed E-state index contributed by atoms with van der Waals surface area (Å²) in [6, 6.07) is 24.2. The normalized spacial score (nSPS) is 11.0. The molecule has 4 rings (SSSR count). The van der Waals surface area contributed by atoms with Crippen molar-refractivity contribution < 1.29 is 13.6 Å². The van der Waals surface area contributed by atoms with Crippen LogP contribution in [0.4, 0.5) is 0 Å². The Labute approximate surface area is 178 Å². The van der Waals surface area contributed by atoms with Crippen LogP contribution in [-0.2, 0) is 4.79 Å². The monoisotopic (exact) mass is 419 g/mol. The van der Waals surface area contributed by atoms with Gasteiger partial charge < -0.3 is 14.2 Å². The maximum Gasteiger partial charge on any atom is 0.284 e. The van der Waals surface area contributed by atoms with Gasteiger partial charge in [0.15, 0.2) is 5.76 Å². The highest BCUT2D eigenvalue weighted by Crippen LogP contribution is 2.27. The van der Waals surface area contributed by atoms with E-state index >= 15 is 0 Å². The van der Waals surface area contributed by atoms with Crippen molar-refractivity contribution in [2.75, 3.05) is 12.3 Å². The van der Waals surface area contributed by atoms with Crippen molar-refractivity contribution in [2.45, 2.75) is 17.6 Å². The number of rotatable bonds is 9. The largest absolute Gasteiger partial charge is 0.459 e. The second-order valence-electron chi connectivity index (χ2n) is 6.65. The van der Waals surface area contributed by atoms with E-state index in [9.17, 15) is 4.79 Å². The van der Waals surface area contributed by atoms with E-state index in [1.54, 1.807) is 12.1 Å². The summed E-state index contributed by atoms with van der Waals surface area (Å²) < 4.78 is 10.7. The van der Waals surface area contributed by atoms with Gasteiger partial charge in [-0.3, -0.25) is 4.79 Å². The molecule has 0 aliphatic carbocycles. The molecule has 30 heavy (non-hydrogen) atoms. The molecule has 1 N–H and O–H groups in total. The minimum Gasteiger partial charge on any atom is -0.459 e. The summed E-state index contributed by atoms with van der Waals surface area (Å²) in [5.41, 5.74) is 2.48. The molecule has 0 radical (unpaired) electrons. The van der Waals surface area contributed by atoms with Gasteiger partial charge >= 0.3 is 0 Å². The zero-order chi connectivity index (χ0) is 20.6. The first kappa shape index (κ1) is 20.0. The topological polar surface area (TPSA) is 81.2 Å². The van der Waals surface area contributed by atoms with Gasteiger partial charge in [0.05, 0.1) is 12.0 Å². The van der Waals surface area contributed by atoms with Gasteiger partial charge in [0.25, 0.3) is 11.1 Å². The number of amides is 1. The number of furan rings is 1. The molecule has 1 amide bonds. The van der Waals surface area contributed by atoms with Gasteiger partial charge in [-0.15, -0.1) is 10.2 Å². The van der Waals surface area contributed by atoms with Gasteiger partial charge in [-0.05, 0) is 29.7 Å². The van der Waals surface area contributed by atoms with Crippen molar-refractivity contribution in [3.05, 3.63) is 90.2 Å². The van der Waals surface area contributed by atoms with Gasteiger partial charge in [-0.2, -0.15) is 0 Å². The average Bonchev–Trinajstić information content (AvgIpc) is 3.48. The fourth-order valence-corrected chi connectivity index (χ4v) is 3.79. The molecule has 0 saturated carbocycles. The number of hydrogen-bond acceptors (Lipinski definition) is 6. The first-order chi connectivity index (χ1) is 14.8. The van der Waals surface area contributed by atoms with Crippen molar-refractivity contribution in [1.82, 2.24) is 15.5 Å². The molecule has 6 nitrogen and oxygen atoms in total.